The first-order valence-electron chi connectivity index (χ1n) is 9.56. The number of hydroxylamine groups is 1. The van der Waals surface area contributed by atoms with E-state index in [1.165, 1.54) is 5.56 Å². The highest BCUT2D eigenvalue weighted by Crippen LogP contribution is 2.43. The number of nitrogens with one attached hydrogen (secondary N) is 2. The van der Waals surface area contributed by atoms with Gasteiger partial charge in [0.05, 0.1) is 5.92 Å². The normalized spacial score (nSPS) is 36.2. The van der Waals surface area contributed by atoms with Crippen LogP contribution in [0.2, 0.25) is 0 Å². The van der Waals surface area contributed by atoms with Gasteiger partial charge in [0.25, 0.3) is 0 Å². The molecule has 6 heteroatoms. The van der Waals surface area contributed by atoms with E-state index < -0.39 is 11.8 Å². The molecular formula is C20H27N3O3. The fourth-order valence-electron chi connectivity index (χ4n) is 4.91. The summed E-state index contributed by atoms with van der Waals surface area (Å²) in [5.41, 5.74) is 3.06. The Kier molecular flexibility index (Phi) is 4.49. The van der Waals surface area contributed by atoms with E-state index in [1.54, 1.807) is 5.48 Å². The Hall–Kier alpha value is -1.92. The second-order valence-electron chi connectivity index (χ2n) is 8.30. The number of rotatable bonds is 3. The summed E-state index contributed by atoms with van der Waals surface area (Å²) in [6, 6.07) is 10.3. The van der Waals surface area contributed by atoms with Gasteiger partial charge in [-0.3, -0.25) is 14.8 Å². The lowest BCUT2D eigenvalue weighted by Gasteiger charge is -2.35. The first-order chi connectivity index (χ1) is 12.5. The van der Waals surface area contributed by atoms with Crippen LogP contribution in [0.1, 0.15) is 37.7 Å². The van der Waals surface area contributed by atoms with E-state index in [0.717, 1.165) is 19.5 Å². The minimum atomic E-state index is -0.456. The monoisotopic (exact) mass is 357 g/mol. The van der Waals surface area contributed by atoms with Crippen LogP contribution in [0.3, 0.4) is 0 Å². The number of amides is 2. The molecular weight excluding hydrogens is 330 g/mol. The van der Waals surface area contributed by atoms with Crippen LogP contribution in [-0.2, 0) is 9.59 Å². The van der Waals surface area contributed by atoms with Gasteiger partial charge in [-0.25, -0.2) is 5.48 Å². The van der Waals surface area contributed by atoms with E-state index in [1.807, 2.05) is 23.1 Å². The summed E-state index contributed by atoms with van der Waals surface area (Å²) in [5.74, 6) is -0.418. The fourth-order valence-corrected chi connectivity index (χ4v) is 4.91. The Morgan fingerprint density at radius 3 is 2.62 bits per heavy atom. The number of carbonyl (C=O) groups is 2. The molecule has 2 saturated heterocycles. The molecule has 0 radical (unpaired) electrons. The lowest BCUT2D eigenvalue weighted by atomic mass is 9.72. The summed E-state index contributed by atoms with van der Waals surface area (Å²) >= 11 is 0. The lowest BCUT2D eigenvalue weighted by molar-refractivity contribution is -0.147. The number of hydrogen-bond acceptors (Lipinski definition) is 4. The Balaban J connectivity index is 1.49. The Bertz CT molecular complexity index is 689. The van der Waals surface area contributed by atoms with E-state index in [-0.39, 0.29) is 17.4 Å². The molecule has 6 nitrogen and oxygen atoms in total. The van der Waals surface area contributed by atoms with Crippen molar-refractivity contribution in [2.75, 3.05) is 19.6 Å². The molecule has 1 aromatic carbocycles. The average molecular weight is 357 g/mol. The molecule has 1 aliphatic carbocycles. The van der Waals surface area contributed by atoms with Gasteiger partial charge in [-0.05, 0) is 30.7 Å². The van der Waals surface area contributed by atoms with Crippen LogP contribution in [0.4, 0.5) is 0 Å². The van der Waals surface area contributed by atoms with Crippen molar-refractivity contribution in [3.05, 3.63) is 35.9 Å². The zero-order chi connectivity index (χ0) is 18.3. The Morgan fingerprint density at radius 2 is 1.96 bits per heavy atom. The maximum Gasteiger partial charge on any atom is 0.247 e. The van der Waals surface area contributed by atoms with Gasteiger partial charge >= 0.3 is 0 Å². The van der Waals surface area contributed by atoms with Gasteiger partial charge in [-0.1, -0.05) is 37.3 Å². The molecule has 0 bridgehead atoms. The molecule has 4 rings (SSSR count). The smallest absolute Gasteiger partial charge is 0.247 e. The van der Waals surface area contributed by atoms with Crippen molar-refractivity contribution in [3.8, 4) is 0 Å². The third kappa shape index (κ3) is 3.12. The van der Waals surface area contributed by atoms with E-state index >= 15 is 0 Å². The van der Waals surface area contributed by atoms with Crippen molar-refractivity contribution in [1.82, 2.24) is 15.7 Å². The van der Waals surface area contributed by atoms with Gasteiger partial charge in [0, 0.05) is 37.0 Å². The summed E-state index contributed by atoms with van der Waals surface area (Å²) in [4.78, 5) is 27.4. The molecule has 3 unspecified atom stereocenters. The molecule has 1 aromatic rings. The Labute approximate surface area is 153 Å². The molecule has 2 aliphatic heterocycles. The van der Waals surface area contributed by atoms with Gasteiger partial charge in [0.2, 0.25) is 11.8 Å². The van der Waals surface area contributed by atoms with Crippen LogP contribution in [0.25, 0.3) is 0 Å². The van der Waals surface area contributed by atoms with Crippen LogP contribution < -0.4 is 10.8 Å². The van der Waals surface area contributed by atoms with Gasteiger partial charge in [0.1, 0.15) is 0 Å². The average Bonchev–Trinajstić information content (AvgIpc) is 3.30. The van der Waals surface area contributed by atoms with Crippen LogP contribution in [0.5, 0.6) is 0 Å². The van der Waals surface area contributed by atoms with Gasteiger partial charge in [0.15, 0.2) is 0 Å². The quantitative estimate of drug-likeness (QED) is 0.434. The SMILES string of the molecule is C[C@H]1CN(C(=O)C2CCC3(CN3)CC2C(=O)NO)C[C@@H]1c1ccccc1. The molecule has 140 valence electrons. The predicted octanol–water partition coefficient (Wildman–Crippen LogP) is 1.51. The highest BCUT2D eigenvalue weighted by Gasteiger charge is 2.53. The molecule has 3 N–H and O–H groups in total. The van der Waals surface area contributed by atoms with Crippen molar-refractivity contribution in [2.45, 2.75) is 37.6 Å². The molecule has 1 saturated carbocycles. The van der Waals surface area contributed by atoms with Crippen LogP contribution >= 0.6 is 0 Å². The zero-order valence-electron chi connectivity index (χ0n) is 15.1. The first kappa shape index (κ1) is 17.5. The topological polar surface area (TPSA) is 91.6 Å². The maximum absolute atomic E-state index is 13.2. The third-order valence-electron chi connectivity index (χ3n) is 6.62. The largest absolute Gasteiger partial charge is 0.342 e. The number of nitrogens with zero attached hydrogens (tertiary/aromatic N) is 1. The molecule has 3 fully saturated rings. The molecule has 26 heavy (non-hydrogen) atoms. The number of benzene rings is 1. The van der Waals surface area contributed by atoms with Gasteiger partial charge in [-0.15, -0.1) is 0 Å². The molecule has 5 atom stereocenters. The zero-order valence-corrected chi connectivity index (χ0v) is 15.1. The molecule has 2 heterocycles. The van der Waals surface area contributed by atoms with Crippen molar-refractivity contribution in [1.29, 1.82) is 0 Å². The second-order valence-corrected chi connectivity index (χ2v) is 8.30. The maximum atomic E-state index is 13.2. The van der Waals surface area contributed by atoms with Gasteiger partial charge in [-0.2, -0.15) is 0 Å². The second kappa shape index (κ2) is 6.67. The number of likely N-dealkylation sites (tertiary alicyclic amines) is 1. The van der Waals surface area contributed by atoms with Crippen LogP contribution in [0.15, 0.2) is 30.3 Å². The minimum Gasteiger partial charge on any atom is -0.342 e. The fraction of sp³-hybridized carbons (Fsp3) is 0.600. The molecule has 0 aromatic heterocycles. The summed E-state index contributed by atoms with van der Waals surface area (Å²) in [7, 11) is 0. The Morgan fingerprint density at radius 1 is 1.23 bits per heavy atom. The standard InChI is InChI=1S/C20H27N3O3/c1-13-10-23(11-17(13)14-5-3-2-4-6-14)19(25)15-7-8-20(12-21-20)9-16(15)18(24)22-26/h2-6,13,15-17,21,26H,7-12H2,1H3,(H,22,24)/t13-,15?,16?,17-,20?/m0/s1. The van der Waals surface area contributed by atoms with E-state index in [4.69, 9.17) is 5.21 Å². The first-order valence-corrected chi connectivity index (χ1v) is 9.56. The summed E-state index contributed by atoms with van der Waals surface area (Å²) in [6.45, 7) is 4.52. The van der Waals surface area contributed by atoms with Crippen molar-refractivity contribution in [2.24, 2.45) is 17.8 Å². The highest BCUT2D eigenvalue weighted by atomic mass is 16.5. The van der Waals surface area contributed by atoms with E-state index in [9.17, 15) is 9.59 Å². The van der Waals surface area contributed by atoms with Crippen molar-refractivity contribution >= 4 is 11.8 Å². The van der Waals surface area contributed by atoms with Crippen LogP contribution in [0, 0.1) is 17.8 Å². The minimum absolute atomic E-state index is 0.0127. The number of carbonyl (C=O) groups excluding carboxylic acids is 2. The summed E-state index contributed by atoms with van der Waals surface area (Å²) in [6.07, 6.45) is 2.25. The van der Waals surface area contributed by atoms with Crippen molar-refractivity contribution < 1.29 is 14.8 Å². The molecule has 3 aliphatic rings. The van der Waals surface area contributed by atoms with E-state index in [0.29, 0.717) is 31.2 Å². The lowest BCUT2D eigenvalue weighted by Crippen LogP contribution is -2.48. The highest BCUT2D eigenvalue weighted by molar-refractivity contribution is 5.88. The summed E-state index contributed by atoms with van der Waals surface area (Å²) in [5, 5.41) is 12.5. The third-order valence-corrected chi connectivity index (χ3v) is 6.62. The molecule has 1 spiro atoms. The summed E-state index contributed by atoms with van der Waals surface area (Å²) < 4.78 is 0. The van der Waals surface area contributed by atoms with E-state index in [2.05, 4.69) is 24.4 Å². The predicted molar refractivity (Wildman–Crippen MR) is 96.4 cm³/mol. The van der Waals surface area contributed by atoms with Crippen molar-refractivity contribution in [3.63, 3.8) is 0 Å². The number of hydrogen-bond donors (Lipinski definition) is 3. The van der Waals surface area contributed by atoms with Crippen LogP contribution in [-0.4, -0.2) is 47.1 Å². The molecule has 2 amide bonds. The van der Waals surface area contributed by atoms with Gasteiger partial charge < -0.3 is 10.2 Å².